The normalized spacial score (nSPS) is 12.9. The molecule has 1 heterocycles. The Morgan fingerprint density at radius 2 is 1.85 bits per heavy atom. The molecule has 0 saturated carbocycles. The van der Waals surface area contributed by atoms with Gasteiger partial charge < -0.3 is 5.32 Å². The molecule has 2 nitrogen and oxygen atoms in total. The molecule has 0 aliphatic rings. The molecular weight excluding hydrogens is 160 g/mol. The van der Waals surface area contributed by atoms with Crippen molar-refractivity contribution < 1.29 is 0 Å². The molecule has 0 radical (unpaired) electrons. The second-order valence-corrected chi connectivity index (χ2v) is 3.46. The Morgan fingerprint density at radius 1 is 1.31 bits per heavy atom. The van der Waals surface area contributed by atoms with Crippen molar-refractivity contribution >= 4 is 0 Å². The van der Waals surface area contributed by atoms with Crippen LogP contribution >= 0.6 is 0 Å². The predicted octanol–water partition coefficient (Wildman–Crippen LogP) is 2.37. The zero-order valence-electron chi connectivity index (χ0n) is 8.89. The highest BCUT2D eigenvalue weighted by atomic mass is 14.9. The predicted molar refractivity (Wildman–Crippen MR) is 55.8 cm³/mol. The Hall–Kier alpha value is -0.890. The lowest BCUT2D eigenvalue weighted by molar-refractivity contribution is 0.596. The number of aromatic nitrogens is 1. The van der Waals surface area contributed by atoms with Gasteiger partial charge in [-0.05, 0) is 45.0 Å². The largest absolute Gasteiger partial charge is 0.310 e. The number of hydrogen-bond acceptors (Lipinski definition) is 2. The molecule has 0 aromatic carbocycles. The van der Waals surface area contributed by atoms with Crippen molar-refractivity contribution in [1.82, 2.24) is 10.3 Å². The Kier molecular flexibility index (Phi) is 3.43. The Bertz CT molecular complexity index is 261. The summed E-state index contributed by atoms with van der Waals surface area (Å²) in [4.78, 5) is 4.35. The van der Waals surface area contributed by atoms with Crippen molar-refractivity contribution in [3.63, 3.8) is 0 Å². The van der Waals surface area contributed by atoms with Gasteiger partial charge in [-0.25, -0.2) is 0 Å². The zero-order chi connectivity index (χ0) is 9.84. The van der Waals surface area contributed by atoms with Gasteiger partial charge >= 0.3 is 0 Å². The van der Waals surface area contributed by atoms with Crippen molar-refractivity contribution in [2.75, 3.05) is 6.54 Å². The van der Waals surface area contributed by atoms with Crippen LogP contribution in [0.1, 0.15) is 36.8 Å². The monoisotopic (exact) mass is 178 g/mol. The van der Waals surface area contributed by atoms with Gasteiger partial charge in [0, 0.05) is 17.4 Å². The Labute approximate surface area is 80.4 Å². The lowest BCUT2D eigenvalue weighted by Gasteiger charge is -2.13. The number of hydrogen-bond donors (Lipinski definition) is 1. The number of aryl methyl sites for hydroxylation is 2. The first-order valence-corrected chi connectivity index (χ1v) is 4.82. The summed E-state index contributed by atoms with van der Waals surface area (Å²) in [6.45, 7) is 9.38. The van der Waals surface area contributed by atoms with E-state index in [2.05, 4.69) is 36.3 Å². The average molecular weight is 178 g/mol. The van der Waals surface area contributed by atoms with Crippen LogP contribution in [-0.4, -0.2) is 11.5 Å². The average Bonchev–Trinajstić information content (AvgIpc) is 2.03. The third kappa shape index (κ3) is 2.81. The van der Waals surface area contributed by atoms with Gasteiger partial charge in [-0.1, -0.05) is 6.92 Å². The molecular formula is C11H18N2. The highest BCUT2D eigenvalue weighted by Gasteiger charge is 2.04. The molecule has 0 aliphatic heterocycles. The van der Waals surface area contributed by atoms with E-state index in [-0.39, 0.29) is 0 Å². The van der Waals surface area contributed by atoms with E-state index < -0.39 is 0 Å². The van der Waals surface area contributed by atoms with Gasteiger partial charge in [-0.15, -0.1) is 0 Å². The Morgan fingerprint density at radius 3 is 2.31 bits per heavy atom. The molecule has 72 valence electrons. The van der Waals surface area contributed by atoms with Gasteiger partial charge in [0.1, 0.15) is 0 Å². The molecule has 1 unspecified atom stereocenters. The number of nitrogens with one attached hydrogen (secondary N) is 1. The standard InChI is InChI=1S/C11H18N2/c1-5-12-10(4)11-6-8(2)13-9(3)7-11/h6-7,10,12H,5H2,1-4H3. The van der Waals surface area contributed by atoms with Crippen LogP contribution in [-0.2, 0) is 0 Å². The minimum Gasteiger partial charge on any atom is -0.310 e. The van der Waals surface area contributed by atoms with Gasteiger partial charge in [-0.2, -0.15) is 0 Å². The quantitative estimate of drug-likeness (QED) is 0.768. The molecule has 1 N–H and O–H groups in total. The van der Waals surface area contributed by atoms with E-state index in [0.717, 1.165) is 17.9 Å². The minimum absolute atomic E-state index is 0.422. The number of rotatable bonds is 3. The van der Waals surface area contributed by atoms with Crippen LogP contribution in [0, 0.1) is 13.8 Å². The van der Waals surface area contributed by atoms with Crippen LogP contribution < -0.4 is 5.32 Å². The summed E-state index contributed by atoms with van der Waals surface area (Å²) < 4.78 is 0. The van der Waals surface area contributed by atoms with Crippen molar-refractivity contribution in [3.8, 4) is 0 Å². The van der Waals surface area contributed by atoms with Gasteiger partial charge in [0.25, 0.3) is 0 Å². The van der Waals surface area contributed by atoms with Crippen LogP contribution in [0.5, 0.6) is 0 Å². The molecule has 0 bridgehead atoms. The van der Waals surface area contributed by atoms with Crippen LogP contribution in [0.25, 0.3) is 0 Å². The molecule has 1 rings (SSSR count). The van der Waals surface area contributed by atoms with Gasteiger partial charge in [0.15, 0.2) is 0 Å². The Balaban J connectivity index is 2.87. The number of nitrogens with zero attached hydrogens (tertiary/aromatic N) is 1. The van der Waals surface area contributed by atoms with Crippen molar-refractivity contribution in [1.29, 1.82) is 0 Å². The maximum Gasteiger partial charge on any atom is 0.0379 e. The second kappa shape index (κ2) is 4.38. The topological polar surface area (TPSA) is 24.9 Å². The maximum absolute atomic E-state index is 4.35. The third-order valence-corrected chi connectivity index (χ3v) is 2.11. The first-order chi connectivity index (χ1) is 6.13. The summed E-state index contributed by atoms with van der Waals surface area (Å²) in [5.41, 5.74) is 3.52. The summed E-state index contributed by atoms with van der Waals surface area (Å²) in [6, 6.07) is 4.70. The SMILES string of the molecule is CCNC(C)c1cc(C)nc(C)c1. The molecule has 13 heavy (non-hydrogen) atoms. The molecule has 2 heteroatoms. The summed E-state index contributed by atoms with van der Waals surface area (Å²) in [5, 5.41) is 3.39. The first kappa shape index (κ1) is 10.2. The van der Waals surface area contributed by atoms with Crippen LogP contribution in [0.4, 0.5) is 0 Å². The van der Waals surface area contributed by atoms with Crippen molar-refractivity contribution in [2.24, 2.45) is 0 Å². The second-order valence-electron chi connectivity index (χ2n) is 3.46. The maximum atomic E-state index is 4.35. The van der Waals surface area contributed by atoms with Crippen molar-refractivity contribution in [3.05, 3.63) is 29.1 Å². The first-order valence-electron chi connectivity index (χ1n) is 4.82. The van der Waals surface area contributed by atoms with Crippen molar-refractivity contribution in [2.45, 2.75) is 33.7 Å². The smallest absolute Gasteiger partial charge is 0.0379 e. The minimum atomic E-state index is 0.422. The number of pyridine rings is 1. The molecule has 0 saturated heterocycles. The fourth-order valence-electron chi connectivity index (χ4n) is 1.54. The molecule has 0 fully saturated rings. The van der Waals surface area contributed by atoms with Crippen LogP contribution in [0.3, 0.4) is 0 Å². The highest BCUT2D eigenvalue weighted by molar-refractivity contribution is 5.22. The van der Waals surface area contributed by atoms with E-state index in [9.17, 15) is 0 Å². The zero-order valence-corrected chi connectivity index (χ0v) is 8.89. The third-order valence-electron chi connectivity index (χ3n) is 2.11. The highest BCUT2D eigenvalue weighted by Crippen LogP contribution is 2.13. The van der Waals surface area contributed by atoms with E-state index in [1.165, 1.54) is 5.56 Å². The van der Waals surface area contributed by atoms with E-state index in [1.54, 1.807) is 0 Å². The molecule has 0 aliphatic carbocycles. The van der Waals surface area contributed by atoms with Crippen LogP contribution in [0.15, 0.2) is 12.1 Å². The molecule has 1 atom stereocenters. The fourth-order valence-corrected chi connectivity index (χ4v) is 1.54. The molecule has 1 aromatic rings. The lowest BCUT2D eigenvalue weighted by Crippen LogP contribution is -2.18. The van der Waals surface area contributed by atoms with E-state index in [4.69, 9.17) is 0 Å². The lowest BCUT2D eigenvalue weighted by atomic mass is 10.1. The van der Waals surface area contributed by atoms with Gasteiger partial charge in [-0.3, -0.25) is 4.98 Å². The fraction of sp³-hybridized carbons (Fsp3) is 0.545. The molecule has 0 spiro atoms. The van der Waals surface area contributed by atoms with E-state index >= 15 is 0 Å². The summed E-state index contributed by atoms with van der Waals surface area (Å²) in [7, 11) is 0. The van der Waals surface area contributed by atoms with E-state index in [1.807, 2.05) is 13.8 Å². The van der Waals surface area contributed by atoms with Gasteiger partial charge in [0.05, 0.1) is 0 Å². The molecule has 1 aromatic heterocycles. The summed E-state index contributed by atoms with van der Waals surface area (Å²) in [5.74, 6) is 0. The van der Waals surface area contributed by atoms with E-state index in [0.29, 0.717) is 6.04 Å². The van der Waals surface area contributed by atoms with Gasteiger partial charge in [0.2, 0.25) is 0 Å². The van der Waals surface area contributed by atoms with Crippen LogP contribution in [0.2, 0.25) is 0 Å². The summed E-state index contributed by atoms with van der Waals surface area (Å²) in [6.07, 6.45) is 0. The summed E-state index contributed by atoms with van der Waals surface area (Å²) >= 11 is 0. The molecule has 0 amide bonds.